The number of amides is 1. The van der Waals surface area contributed by atoms with Crippen LogP contribution in [-0.4, -0.2) is 65.7 Å². The van der Waals surface area contributed by atoms with E-state index in [-0.39, 0.29) is 11.6 Å². The second-order valence-electron chi connectivity index (χ2n) is 7.51. The van der Waals surface area contributed by atoms with Gasteiger partial charge in [0.05, 0.1) is 9.75 Å². The van der Waals surface area contributed by atoms with E-state index in [1.165, 1.54) is 0 Å². The van der Waals surface area contributed by atoms with Gasteiger partial charge in [-0.15, -0.1) is 24.5 Å². The molecule has 2 aromatic heterocycles. The van der Waals surface area contributed by atoms with Gasteiger partial charge in [0, 0.05) is 31.4 Å². The Morgan fingerprint density at radius 1 is 1.39 bits per heavy atom. The third-order valence-corrected chi connectivity index (χ3v) is 6.30. The molecule has 0 spiro atoms. The summed E-state index contributed by atoms with van der Waals surface area (Å²) in [6.07, 6.45) is 2.59. The van der Waals surface area contributed by atoms with Crippen LogP contribution in [0.15, 0.2) is 55.3 Å². The third-order valence-electron chi connectivity index (χ3n) is 5.19. The summed E-state index contributed by atoms with van der Waals surface area (Å²) in [5.41, 5.74) is 0.369. The SMILES string of the molecule is C/C=C(\C=C/CNC(=O)c1ccc(-c2cc(C(F)(F)F)[nH]n2)s1)N1CCC(N(C)C)C1.C=C. The number of allylic oxidation sites excluding steroid dienone is 2. The van der Waals surface area contributed by atoms with Crippen molar-refractivity contribution in [2.75, 3.05) is 33.7 Å². The molecule has 1 fully saturated rings. The minimum atomic E-state index is -4.48. The van der Waals surface area contributed by atoms with E-state index in [1.807, 2.05) is 24.2 Å². The van der Waals surface area contributed by atoms with Crippen LogP contribution in [0.2, 0.25) is 0 Å². The van der Waals surface area contributed by atoms with Crippen molar-refractivity contribution in [3.8, 4) is 10.6 Å². The summed E-state index contributed by atoms with van der Waals surface area (Å²) in [5.74, 6) is -0.275. The van der Waals surface area contributed by atoms with Crippen molar-refractivity contribution in [1.82, 2.24) is 25.3 Å². The molecule has 1 aliphatic heterocycles. The highest BCUT2D eigenvalue weighted by Gasteiger charge is 2.33. The number of aromatic amines is 1. The number of rotatable bonds is 7. The van der Waals surface area contributed by atoms with Gasteiger partial charge in [0.1, 0.15) is 11.4 Å². The lowest BCUT2D eigenvalue weighted by Gasteiger charge is -2.22. The summed E-state index contributed by atoms with van der Waals surface area (Å²) in [6, 6.07) is 4.66. The van der Waals surface area contributed by atoms with Crippen molar-refractivity contribution in [2.24, 2.45) is 0 Å². The van der Waals surface area contributed by atoms with E-state index in [1.54, 1.807) is 12.1 Å². The molecule has 0 aromatic carbocycles. The van der Waals surface area contributed by atoms with Gasteiger partial charge in [0.2, 0.25) is 0 Å². The molecule has 0 saturated carbocycles. The Morgan fingerprint density at radius 2 is 2.12 bits per heavy atom. The zero-order valence-electron chi connectivity index (χ0n) is 19.1. The van der Waals surface area contributed by atoms with Crippen molar-refractivity contribution >= 4 is 17.2 Å². The number of hydrogen-bond donors (Lipinski definition) is 2. The monoisotopic (exact) mass is 481 g/mol. The molecule has 0 bridgehead atoms. The number of likely N-dealkylation sites (tertiary alicyclic amines) is 1. The quantitative estimate of drug-likeness (QED) is 0.441. The fraction of sp³-hybridized carbons (Fsp3) is 0.391. The predicted octanol–water partition coefficient (Wildman–Crippen LogP) is 4.78. The largest absolute Gasteiger partial charge is 0.432 e. The molecule has 0 aliphatic carbocycles. The molecular formula is C23H30F3N5OS. The lowest BCUT2D eigenvalue weighted by atomic mass is 10.2. The lowest BCUT2D eigenvalue weighted by Crippen LogP contribution is -2.31. The van der Waals surface area contributed by atoms with Crippen LogP contribution in [-0.2, 0) is 6.18 Å². The van der Waals surface area contributed by atoms with Gasteiger partial charge in [0.25, 0.3) is 5.91 Å². The van der Waals surface area contributed by atoms with Gasteiger partial charge in [0.15, 0.2) is 0 Å². The van der Waals surface area contributed by atoms with Crippen LogP contribution in [0.3, 0.4) is 0 Å². The van der Waals surface area contributed by atoms with E-state index in [0.717, 1.165) is 42.6 Å². The maximum Gasteiger partial charge on any atom is 0.432 e. The number of halogens is 3. The predicted molar refractivity (Wildman–Crippen MR) is 127 cm³/mol. The van der Waals surface area contributed by atoms with E-state index in [9.17, 15) is 18.0 Å². The highest BCUT2D eigenvalue weighted by atomic mass is 32.1. The Kier molecular flexibility index (Phi) is 9.48. The number of carbonyl (C=O) groups excluding carboxylic acids is 1. The second kappa shape index (κ2) is 11.9. The number of H-pyrrole nitrogens is 1. The van der Waals surface area contributed by atoms with Crippen molar-refractivity contribution < 1.29 is 18.0 Å². The van der Waals surface area contributed by atoms with Gasteiger partial charge >= 0.3 is 6.18 Å². The fourth-order valence-corrected chi connectivity index (χ4v) is 4.27. The number of hydrogen-bond acceptors (Lipinski definition) is 5. The van der Waals surface area contributed by atoms with Crippen LogP contribution in [0.5, 0.6) is 0 Å². The van der Waals surface area contributed by atoms with Crippen molar-refractivity contribution in [3.63, 3.8) is 0 Å². The van der Waals surface area contributed by atoms with Crippen LogP contribution in [0.4, 0.5) is 13.2 Å². The highest BCUT2D eigenvalue weighted by molar-refractivity contribution is 7.17. The topological polar surface area (TPSA) is 64.3 Å². The molecule has 1 aliphatic rings. The van der Waals surface area contributed by atoms with Crippen LogP contribution < -0.4 is 5.32 Å². The standard InChI is InChI=1S/C21H26F3N5OS.C2H4/c1-4-14(29-11-9-15(13-29)28(2)3)6-5-10-25-20(30)18-8-7-17(31-18)16-12-19(27-26-16)21(22,23)24;1-2/h4-8,12,15H,9-11,13H2,1-3H3,(H,25,30)(H,26,27);1-2H2/b6-5-,14-4+;. The first-order valence-electron chi connectivity index (χ1n) is 10.4. The van der Waals surface area contributed by atoms with Gasteiger partial charge in [-0.3, -0.25) is 9.89 Å². The van der Waals surface area contributed by atoms with Gasteiger partial charge in [-0.1, -0.05) is 12.2 Å². The number of alkyl halides is 3. The smallest absolute Gasteiger partial charge is 0.370 e. The summed E-state index contributed by atoms with van der Waals surface area (Å²) in [6.45, 7) is 10.3. The Labute approximate surface area is 196 Å². The molecule has 3 rings (SSSR count). The Balaban J connectivity index is 0.00000187. The molecular weight excluding hydrogens is 451 g/mol. The maximum atomic E-state index is 12.7. The summed E-state index contributed by atoms with van der Waals surface area (Å²) >= 11 is 1.10. The highest BCUT2D eigenvalue weighted by Crippen LogP contribution is 2.32. The number of nitrogens with one attached hydrogen (secondary N) is 2. The van der Waals surface area contributed by atoms with Crippen molar-refractivity contribution in [3.05, 3.63) is 65.9 Å². The lowest BCUT2D eigenvalue weighted by molar-refractivity contribution is -0.141. The molecule has 10 heteroatoms. The minimum absolute atomic E-state index is 0.163. The Bertz CT molecular complexity index is 977. The summed E-state index contributed by atoms with van der Waals surface area (Å²) < 4.78 is 38.1. The van der Waals surface area contributed by atoms with Crippen LogP contribution >= 0.6 is 11.3 Å². The van der Waals surface area contributed by atoms with Gasteiger partial charge in [-0.25, -0.2) is 0 Å². The first-order valence-corrected chi connectivity index (χ1v) is 11.3. The van der Waals surface area contributed by atoms with E-state index in [0.29, 0.717) is 22.3 Å². The molecule has 3 heterocycles. The maximum absolute atomic E-state index is 12.7. The summed E-state index contributed by atoms with van der Waals surface area (Å²) in [7, 11) is 4.18. The first kappa shape index (κ1) is 26.4. The second-order valence-corrected chi connectivity index (χ2v) is 8.59. The van der Waals surface area contributed by atoms with Crippen LogP contribution in [0.1, 0.15) is 28.7 Å². The molecule has 0 radical (unpaired) electrons. The van der Waals surface area contributed by atoms with E-state index < -0.39 is 11.9 Å². The molecule has 180 valence electrons. The Hall–Kier alpha value is -2.85. The number of carbonyl (C=O) groups is 1. The zero-order valence-corrected chi connectivity index (χ0v) is 19.9. The number of nitrogens with zero attached hydrogens (tertiary/aromatic N) is 3. The molecule has 1 amide bonds. The third kappa shape index (κ3) is 7.06. The molecule has 33 heavy (non-hydrogen) atoms. The van der Waals surface area contributed by atoms with Gasteiger partial charge in [-0.05, 0) is 51.7 Å². The normalized spacial score (nSPS) is 16.9. The van der Waals surface area contributed by atoms with Crippen molar-refractivity contribution in [1.29, 1.82) is 0 Å². The van der Waals surface area contributed by atoms with Crippen molar-refractivity contribution in [2.45, 2.75) is 25.6 Å². The molecule has 6 nitrogen and oxygen atoms in total. The molecule has 1 unspecified atom stereocenters. The molecule has 1 saturated heterocycles. The first-order chi connectivity index (χ1) is 15.7. The average Bonchev–Trinajstić information content (AvgIpc) is 3.54. The van der Waals surface area contributed by atoms with E-state index in [4.69, 9.17) is 0 Å². The molecule has 2 N–H and O–H groups in total. The van der Waals surface area contributed by atoms with Crippen LogP contribution in [0.25, 0.3) is 10.6 Å². The number of aromatic nitrogens is 2. The van der Waals surface area contributed by atoms with Gasteiger partial charge in [-0.2, -0.15) is 18.3 Å². The molecule has 1 atom stereocenters. The summed E-state index contributed by atoms with van der Waals surface area (Å²) in [5, 5.41) is 8.49. The summed E-state index contributed by atoms with van der Waals surface area (Å²) in [4.78, 5) is 17.8. The van der Waals surface area contributed by atoms with Crippen LogP contribution in [0, 0.1) is 0 Å². The average molecular weight is 482 g/mol. The van der Waals surface area contributed by atoms with E-state index >= 15 is 0 Å². The zero-order chi connectivity index (χ0) is 24.6. The molecule has 2 aromatic rings. The fourth-order valence-electron chi connectivity index (χ4n) is 3.39. The minimum Gasteiger partial charge on any atom is -0.370 e. The Morgan fingerprint density at radius 3 is 2.70 bits per heavy atom. The number of thiophene rings is 1. The number of likely N-dealkylation sites (N-methyl/N-ethyl adjacent to an activating group) is 1. The van der Waals surface area contributed by atoms with Gasteiger partial charge < -0.3 is 15.1 Å². The van der Waals surface area contributed by atoms with E-state index in [2.05, 4.69) is 53.5 Å².